The third-order valence-corrected chi connectivity index (χ3v) is 4.43. The molecule has 110 valence electrons. The molecule has 2 aliphatic rings. The second kappa shape index (κ2) is 4.98. The van der Waals surface area contributed by atoms with Crippen LogP contribution in [-0.2, 0) is 12.8 Å². The topological polar surface area (TPSA) is 58.2 Å². The van der Waals surface area contributed by atoms with Crippen LogP contribution in [0.4, 0.5) is 11.4 Å². The summed E-state index contributed by atoms with van der Waals surface area (Å²) in [5.74, 6) is -0.647. The number of hydrogen-bond acceptors (Lipinski definition) is 3. The van der Waals surface area contributed by atoms with E-state index in [1.54, 1.807) is 12.1 Å². The zero-order valence-corrected chi connectivity index (χ0v) is 12.1. The van der Waals surface area contributed by atoms with E-state index in [0.29, 0.717) is 16.8 Å². The lowest BCUT2D eigenvalue weighted by molar-refractivity contribution is 0.0880. The maximum atomic E-state index is 12.0. The summed E-state index contributed by atoms with van der Waals surface area (Å²) in [4.78, 5) is 23.8. The average Bonchev–Trinajstić information content (AvgIpc) is 2.83. The number of carbonyl (C=O) groups excluding carboxylic acids is 2. The summed E-state index contributed by atoms with van der Waals surface area (Å²) < 4.78 is 0. The van der Waals surface area contributed by atoms with E-state index in [1.165, 1.54) is 24.0 Å². The monoisotopic (exact) mass is 292 g/mol. The molecule has 2 aromatic carbocycles. The van der Waals surface area contributed by atoms with Gasteiger partial charge in [-0.3, -0.25) is 14.9 Å². The molecule has 0 aromatic heterocycles. The first-order valence-electron chi connectivity index (χ1n) is 7.60. The highest BCUT2D eigenvalue weighted by Gasteiger charge is 2.29. The number of hydrogen-bond donors (Lipinski definition) is 2. The number of anilines is 2. The van der Waals surface area contributed by atoms with Crippen molar-refractivity contribution in [2.45, 2.75) is 25.7 Å². The molecule has 22 heavy (non-hydrogen) atoms. The lowest BCUT2D eigenvalue weighted by Gasteiger charge is -2.20. The maximum Gasteiger partial charge on any atom is 0.261 e. The van der Waals surface area contributed by atoms with Crippen molar-refractivity contribution in [2.75, 3.05) is 5.32 Å². The van der Waals surface area contributed by atoms with Crippen molar-refractivity contribution < 1.29 is 9.59 Å². The van der Waals surface area contributed by atoms with Gasteiger partial charge in [0.1, 0.15) is 0 Å². The Labute approximate surface area is 128 Å². The van der Waals surface area contributed by atoms with Gasteiger partial charge in [-0.05, 0) is 55.0 Å². The highest BCUT2D eigenvalue weighted by molar-refractivity contribution is 6.24. The van der Waals surface area contributed by atoms with Gasteiger partial charge in [-0.2, -0.15) is 0 Å². The predicted octanol–water partition coefficient (Wildman–Crippen LogP) is 3.19. The number of benzene rings is 2. The Bertz CT molecular complexity index is 796. The van der Waals surface area contributed by atoms with Crippen LogP contribution < -0.4 is 10.6 Å². The van der Waals surface area contributed by atoms with E-state index in [4.69, 9.17) is 0 Å². The Morgan fingerprint density at radius 2 is 1.64 bits per heavy atom. The first-order valence-corrected chi connectivity index (χ1v) is 7.60. The van der Waals surface area contributed by atoms with Crippen LogP contribution in [0.3, 0.4) is 0 Å². The fourth-order valence-electron chi connectivity index (χ4n) is 3.37. The summed E-state index contributed by atoms with van der Waals surface area (Å²) in [5, 5.41) is 5.72. The second-order valence-electron chi connectivity index (χ2n) is 5.79. The lowest BCUT2D eigenvalue weighted by atomic mass is 9.90. The van der Waals surface area contributed by atoms with Gasteiger partial charge in [0.2, 0.25) is 0 Å². The Balaban J connectivity index is 1.77. The molecule has 0 atom stereocenters. The average molecular weight is 292 g/mol. The number of fused-ring (bicyclic) bond motifs is 2. The van der Waals surface area contributed by atoms with Crippen LogP contribution in [0.5, 0.6) is 0 Å². The molecule has 0 unspecified atom stereocenters. The smallest absolute Gasteiger partial charge is 0.261 e. The zero-order valence-electron chi connectivity index (χ0n) is 12.1. The van der Waals surface area contributed by atoms with E-state index in [-0.39, 0.29) is 11.8 Å². The summed E-state index contributed by atoms with van der Waals surface area (Å²) in [6.07, 6.45) is 4.58. The van der Waals surface area contributed by atoms with Crippen molar-refractivity contribution >= 4 is 23.2 Å². The van der Waals surface area contributed by atoms with Crippen LogP contribution in [-0.4, -0.2) is 11.8 Å². The molecule has 2 amide bonds. The molecule has 0 fully saturated rings. The summed E-state index contributed by atoms with van der Waals surface area (Å²) in [5.41, 5.74) is 5.33. The van der Waals surface area contributed by atoms with Gasteiger partial charge in [0.25, 0.3) is 11.8 Å². The molecular formula is C18H16N2O2. The van der Waals surface area contributed by atoms with Gasteiger partial charge >= 0.3 is 0 Å². The first-order chi connectivity index (χ1) is 10.7. The second-order valence-corrected chi connectivity index (χ2v) is 5.79. The van der Waals surface area contributed by atoms with Gasteiger partial charge in [-0.15, -0.1) is 0 Å². The van der Waals surface area contributed by atoms with Crippen LogP contribution in [0.25, 0.3) is 0 Å². The van der Waals surface area contributed by atoms with Gasteiger partial charge in [0.05, 0.1) is 16.8 Å². The number of nitrogens with one attached hydrogen (secondary N) is 2. The minimum Gasteiger partial charge on any atom is -0.355 e. The van der Waals surface area contributed by atoms with Crippen LogP contribution in [0.2, 0.25) is 0 Å². The molecular weight excluding hydrogens is 276 g/mol. The summed E-state index contributed by atoms with van der Waals surface area (Å²) >= 11 is 0. The molecule has 0 bridgehead atoms. The van der Waals surface area contributed by atoms with Gasteiger partial charge in [-0.1, -0.05) is 18.2 Å². The van der Waals surface area contributed by atoms with Gasteiger partial charge in [0, 0.05) is 5.69 Å². The third kappa shape index (κ3) is 1.99. The number of carbonyl (C=O) groups is 2. The standard InChI is InChI=1S/C18H16N2O2/c21-17-13-8-4-10-15(16(13)18(22)20-17)19-14-9-3-6-11-5-1-2-7-12(11)14/h3-4,6,8-10,19H,1-2,5,7H2,(H,20,21,22). The number of imide groups is 1. The highest BCUT2D eigenvalue weighted by atomic mass is 16.2. The van der Waals surface area contributed by atoms with E-state index < -0.39 is 0 Å². The molecule has 0 saturated heterocycles. The van der Waals surface area contributed by atoms with E-state index in [1.807, 2.05) is 18.2 Å². The molecule has 0 saturated carbocycles. The summed E-state index contributed by atoms with van der Waals surface area (Å²) in [6.45, 7) is 0. The molecule has 4 nitrogen and oxygen atoms in total. The van der Waals surface area contributed by atoms with Crippen LogP contribution in [0.1, 0.15) is 44.7 Å². The Kier molecular flexibility index (Phi) is 2.96. The molecule has 0 spiro atoms. The minimum atomic E-state index is -0.326. The molecule has 1 heterocycles. The minimum absolute atomic E-state index is 0.321. The SMILES string of the molecule is O=C1NC(=O)c2c(Nc3cccc4c3CCCC4)cccc21. The van der Waals surface area contributed by atoms with Crippen molar-refractivity contribution in [3.63, 3.8) is 0 Å². The molecule has 1 aliphatic carbocycles. The van der Waals surface area contributed by atoms with E-state index in [9.17, 15) is 9.59 Å². The maximum absolute atomic E-state index is 12.0. The van der Waals surface area contributed by atoms with E-state index in [0.717, 1.165) is 18.5 Å². The van der Waals surface area contributed by atoms with Crippen molar-refractivity contribution in [2.24, 2.45) is 0 Å². The Morgan fingerprint density at radius 1 is 0.864 bits per heavy atom. The van der Waals surface area contributed by atoms with Gasteiger partial charge < -0.3 is 5.32 Å². The molecule has 2 aromatic rings. The third-order valence-electron chi connectivity index (χ3n) is 4.43. The largest absolute Gasteiger partial charge is 0.355 e. The normalized spacial score (nSPS) is 16.0. The van der Waals surface area contributed by atoms with Crippen molar-refractivity contribution in [1.29, 1.82) is 0 Å². The van der Waals surface area contributed by atoms with Crippen LogP contribution in [0, 0.1) is 0 Å². The van der Waals surface area contributed by atoms with Crippen molar-refractivity contribution in [1.82, 2.24) is 5.32 Å². The zero-order chi connectivity index (χ0) is 15.1. The fraction of sp³-hybridized carbons (Fsp3) is 0.222. The number of aryl methyl sites for hydroxylation is 1. The molecule has 4 rings (SSSR count). The highest BCUT2D eigenvalue weighted by Crippen LogP contribution is 2.32. The Morgan fingerprint density at radius 3 is 2.55 bits per heavy atom. The summed E-state index contributed by atoms with van der Waals surface area (Å²) in [7, 11) is 0. The van der Waals surface area contributed by atoms with Crippen LogP contribution in [0.15, 0.2) is 36.4 Å². The molecule has 2 N–H and O–H groups in total. The molecule has 0 radical (unpaired) electrons. The van der Waals surface area contributed by atoms with E-state index in [2.05, 4.69) is 16.7 Å². The predicted molar refractivity (Wildman–Crippen MR) is 84.6 cm³/mol. The van der Waals surface area contributed by atoms with E-state index >= 15 is 0 Å². The lowest BCUT2D eigenvalue weighted by Crippen LogP contribution is -2.20. The van der Waals surface area contributed by atoms with Crippen molar-refractivity contribution in [3.05, 3.63) is 58.7 Å². The number of rotatable bonds is 2. The van der Waals surface area contributed by atoms with Crippen LogP contribution >= 0.6 is 0 Å². The van der Waals surface area contributed by atoms with Gasteiger partial charge in [-0.25, -0.2) is 0 Å². The Hall–Kier alpha value is -2.62. The fourth-order valence-corrected chi connectivity index (χ4v) is 3.37. The summed E-state index contributed by atoms with van der Waals surface area (Å²) in [6, 6.07) is 11.6. The molecule has 1 aliphatic heterocycles. The quantitative estimate of drug-likeness (QED) is 0.836. The number of amides is 2. The van der Waals surface area contributed by atoms with Gasteiger partial charge in [0.15, 0.2) is 0 Å². The van der Waals surface area contributed by atoms with Crippen molar-refractivity contribution in [3.8, 4) is 0 Å². The first kappa shape index (κ1) is 13.1. The molecule has 4 heteroatoms.